The molecule has 0 aliphatic carbocycles. The van der Waals surface area contributed by atoms with Crippen LogP contribution in [0.5, 0.6) is 0 Å². The largest absolute Gasteiger partial charge is 0.389 e. The van der Waals surface area contributed by atoms with Crippen molar-refractivity contribution in [1.29, 1.82) is 0 Å². The second kappa shape index (κ2) is 5.31. The van der Waals surface area contributed by atoms with Gasteiger partial charge in [-0.3, -0.25) is 9.69 Å². The summed E-state index contributed by atoms with van der Waals surface area (Å²) < 4.78 is 0. The molecule has 1 heterocycles. The van der Waals surface area contributed by atoms with Gasteiger partial charge in [0.15, 0.2) is 0 Å². The van der Waals surface area contributed by atoms with Gasteiger partial charge in [-0.1, -0.05) is 12.1 Å². The predicted molar refractivity (Wildman–Crippen MR) is 74.7 cm³/mol. The molecule has 104 valence electrons. The maximum Gasteiger partial charge on any atom is 0.248 e. The van der Waals surface area contributed by atoms with Crippen LogP contribution in [0.25, 0.3) is 0 Å². The van der Waals surface area contributed by atoms with Gasteiger partial charge in [0.2, 0.25) is 5.91 Å². The number of nitrogens with zero attached hydrogens (tertiary/aromatic N) is 1. The zero-order valence-electron chi connectivity index (χ0n) is 11.6. The molecule has 1 atom stereocenters. The Hall–Kier alpha value is -1.39. The quantitative estimate of drug-likeness (QED) is 0.864. The lowest BCUT2D eigenvalue weighted by Gasteiger charge is -2.33. The van der Waals surface area contributed by atoms with Crippen LogP contribution in [0.2, 0.25) is 0 Å². The summed E-state index contributed by atoms with van der Waals surface area (Å²) in [5.74, 6) is -0.401. The van der Waals surface area contributed by atoms with Crippen LogP contribution >= 0.6 is 0 Å². The van der Waals surface area contributed by atoms with Gasteiger partial charge < -0.3 is 10.8 Å². The first kappa shape index (κ1) is 14.0. The average molecular weight is 262 g/mol. The number of hydrogen-bond acceptors (Lipinski definition) is 3. The van der Waals surface area contributed by atoms with Crippen LogP contribution in [0, 0.1) is 0 Å². The fourth-order valence-electron chi connectivity index (χ4n) is 2.82. The van der Waals surface area contributed by atoms with Crippen LogP contribution in [0.4, 0.5) is 0 Å². The fourth-order valence-corrected chi connectivity index (χ4v) is 2.82. The number of carbonyl (C=O) groups excluding carboxylic acids is 1. The summed E-state index contributed by atoms with van der Waals surface area (Å²) in [6.07, 6.45) is 2.15. The second-order valence-electron chi connectivity index (χ2n) is 5.84. The molecule has 19 heavy (non-hydrogen) atoms. The number of primary amides is 1. The molecule has 0 radical (unpaired) electrons. The van der Waals surface area contributed by atoms with Gasteiger partial charge in [0, 0.05) is 18.2 Å². The highest BCUT2D eigenvalue weighted by Gasteiger charge is 2.35. The molecule has 1 aromatic rings. The summed E-state index contributed by atoms with van der Waals surface area (Å²) in [5.41, 5.74) is 6.22. The SMILES string of the molecule is CC(C)(O)C1CCCN1Cc1ccc(C(N)=O)cc1. The lowest BCUT2D eigenvalue weighted by molar-refractivity contribution is -0.00501. The van der Waals surface area contributed by atoms with Crippen LogP contribution in [0.15, 0.2) is 24.3 Å². The van der Waals surface area contributed by atoms with Gasteiger partial charge in [-0.2, -0.15) is 0 Å². The molecule has 1 aliphatic rings. The van der Waals surface area contributed by atoms with Crippen LogP contribution in [-0.4, -0.2) is 34.1 Å². The van der Waals surface area contributed by atoms with Gasteiger partial charge in [0.25, 0.3) is 0 Å². The number of aliphatic hydroxyl groups is 1. The van der Waals surface area contributed by atoms with Gasteiger partial charge in [-0.05, 0) is 50.9 Å². The highest BCUT2D eigenvalue weighted by atomic mass is 16.3. The van der Waals surface area contributed by atoms with E-state index in [9.17, 15) is 9.90 Å². The first-order valence-corrected chi connectivity index (χ1v) is 6.73. The molecular weight excluding hydrogens is 240 g/mol. The van der Waals surface area contributed by atoms with Crippen LogP contribution < -0.4 is 5.73 Å². The van der Waals surface area contributed by atoms with E-state index in [2.05, 4.69) is 4.90 Å². The van der Waals surface area contributed by atoms with E-state index in [0.29, 0.717) is 5.56 Å². The Morgan fingerprint density at radius 1 is 1.42 bits per heavy atom. The van der Waals surface area contributed by atoms with Gasteiger partial charge in [-0.15, -0.1) is 0 Å². The number of nitrogens with two attached hydrogens (primary N) is 1. The molecule has 0 aromatic heterocycles. The average Bonchev–Trinajstić information content (AvgIpc) is 2.77. The lowest BCUT2D eigenvalue weighted by atomic mass is 9.96. The minimum atomic E-state index is -0.677. The molecule has 2 rings (SSSR count). The number of rotatable bonds is 4. The van der Waals surface area contributed by atoms with Crippen LogP contribution in [-0.2, 0) is 6.54 Å². The summed E-state index contributed by atoms with van der Waals surface area (Å²) in [5, 5.41) is 10.2. The first-order valence-electron chi connectivity index (χ1n) is 6.73. The van der Waals surface area contributed by atoms with E-state index in [-0.39, 0.29) is 6.04 Å². The number of amides is 1. The van der Waals surface area contributed by atoms with Crippen LogP contribution in [0.3, 0.4) is 0 Å². The Morgan fingerprint density at radius 2 is 2.05 bits per heavy atom. The molecule has 3 N–H and O–H groups in total. The molecule has 0 spiro atoms. The highest BCUT2D eigenvalue weighted by molar-refractivity contribution is 5.92. The molecule has 1 amide bonds. The standard InChI is InChI=1S/C15H22N2O2/c1-15(2,19)13-4-3-9-17(13)10-11-5-7-12(8-6-11)14(16)18/h5-8,13,19H,3-4,9-10H2,1-2H3,(H2,16,18). The first-order chi connectivity index (χ1) is 8.88. The molecule has 1 saturated heterocycles. The minimum absolute atomic E-state index is 0.198. The van der Waals surface area contributed by atoms with Crippen molar-refractivity contribution in [3.05, 3.63) is 35.4 Å². The third-order valence-electron chi connectivity index (χ3n) is 3.80. The van der Waals surface area contributed by atoms with Crippen molar-refractivity contribution in [2.45, 2.75) is 44.9 Å². The van der Waals surface area contributed by atoms with Crippen molar-refractivity contribution in [2.24, 2.45) is 5.73 Å². The maximum absolute atomic E-state index is 11.0. The Labute approximate surface area is 114 Å². The molecule has 4 heteroatoms. The molecule has 1 fully saturated rings. The zero-order chi connectivity index (χ0) is 14.0. The second-order valence-corrected chi connectivity index (χ2v) is 5.84. The molecule has 0 bridgehead atoms. The van der Waals surface area contributed by atoms with E-state index in [4.69, 9.17) is 5.73 Å². The molecule has 1 aliphatic heterocycles. The molecular formula is C15H22N2O2. The predicted octanol–water partition coefficient (Wildman–Crippen LogP) is 1.52. The van der Waals surface area contributed by atoms with Gasteiger partial charge in [0.05, 0.1) is 5.60 Å². The highest BCUT2D eigenvalue weighted by Crippen LogP contribution is 2.28. The number of benzene rings is 1. The topological polar surface area (TPSA) is 66.6 Å². The number of likely N-dealkylation sites (tertiary alicyclic amines) is 1. The maximum atomic E-state index is 11.0. The number of hydrogen-bond donors (Lipinski definition) is 2. The Balaban J connectivity index is 2.06. The van der Waals surface area contributed by atoms with E-state index in [0.717, 1.165) is 31.5 Å². The summed E-state index contributed by atoms with van der Waals surface area (Å²) in [6, 6.07) is 7.57. The molecule has 1 unspecified atom stereocenters. The van der Waals surface area contributed by atoms with Crippen molar-refractivity contribution >= 4 is 5.91 Å². The fraction of sp³-hybridized carbons (Fsp3) is 0.533. The van der Waals surface area contributed by atoms with E-state index >= 15 is 0 Å². The van der Waals surface area contributed by atoms with Crippen molar-refractivity contribution in [2.75, 3.05) is 6.54 Å². The van der Waals surface area contributed by atoms with Crippen LogP contribution in [0.1, 0.15) is 42.6 Å². The van der Waals surface area contributed by atoms with Crippen molar-refractivity contribution in [1.82, 2.24) is 4.90 Å². The Morgan fingerprint density at radius 3 is 2.58 bits per heavy atom. The van der Waals surface area contributed by atoms with Gasteiger partial charge in [-0.25, -0.2) is 0 Å². The van der Waals surface area contributed by atoms with Gasteiger partial charge >= 0.3 is 0 Å². The minimum Gasteiger partial charge on any atom is -0.389 e. The third kappa shape index (κ3) is 3.33. The Bertz CT molecular complexity index is 448. The molecule has 0 saturated carbocycles. The summed E-state index contributed by atoms with van der Waals surface area (Å²) in [7, 11) is 0. The van der Waals surface area contributed by atoms with Crippen molar-refractivity contribution in [3.8, 4) is 0 Å². The van der Waals surface area contributed by atoms with E-state index < -0.39 is 11.5 Å². The monoisotopic (exact) mass is 262 g/mol. The lowest BCUT2D eigenvalue weighted by Crippen LogP contribution is -2.45. The summed E-state index contributed by atoms with van der Waals surface area (Å²) >= 11 is 0. The summed E-state index contributed by atoms with van der Waals surface area (Å²) in [4.78, 5) is 13.3. The third-order valence-corrected chi connectivity index (χ3v) is 3.80. The van der Waals surface area contributed by atoms with E-state index in [1.807, 2.05) is 26.0 Å². The molecule has 1 aromatic carbocycles. The number of carbonyl (C=O) groups is 1. The Kier molecular flexibility index (Phi) is 3.92. The van der Waals surface area contributed by atoms with Crippen molar-refractivity contribution in [3.63, 3.8) is 0 Å². The molecule has 4 nitrogen and oxygen atoms in total. The zero-order valence-corrected chi connectivity index (χ0v) is 11.6. The van der Waals surface area contributed by atoms with Gasteiger partial charge in [0.1, 0.15) is 0 Å². The van der Waals surface area contributed by atoms with E-state index in [1.54, 1.807) is 12.1 Å². The normalized spacial score (nSPS) is 20.7. The van der Waals surface area contributed by atoms with E-state index in [1.165, 1.54) is 0 Å². The summed E-state index contributed by atoms with van der Waals surface area (Å²) in [6.45, 7) is 5.54. The van der Waals surface area contributed by atoms with Crippen molar-refractivity contribution < 1.29 is 9.90 Å². The smallest absolute Gasteiger partial charge is 0.248 e.